The van der Waals surface area contributed by atoms with Crippen molar-refractivity contribution in [3.8, 4) is 5.82 Å². The number of aromatic nitrogens is 4. The number of nitrogens with zero attached hydrogens (tertiary/aromatic N) is 5. The van der Waals surface area contributed by atoms with Gasteiger partial charge in [-0.2, -0.15) is 4.98 Å². The fourth-order valence-electron chi connectivity index (χ4n) is 8.39. The molecule has 2 aliphatic carbocycles. The van der Waals surface area contributed by atoms with Gasteiger partial charge in [0.25, 0.3) is 5.56 Å². The zero-order chi connectivity index (χ0) is 26.0. The summed E-state index contributed by atoms with van der Waals surface area (Å²) in [6, 6.07) is 9.09. The molecule has 7 rings (SSSR count). The van der Waals surface area contributed by atoms with E-state index in [0.717, 1.165) is 53.8 Å². The fourth-order valence-corrected chi connectivity index (χ4v) is 8.39. The van der Waals surface area contributed by atoms with Crippen LogP contribution in [0.15, 0.2) is 40.1 Å². The number of piperidine rings is 2. The van der Waals surface area contributed by atoms with Crippen molar-refractivity contribution in [1.82, 2.24) is 24.0 Å². The molecule has 2 saturated heterocycles. The second kappa shape index (κ2) is 9.29. The molecule has 4 bridgehead atoms. The Bertz CT molecular complexity index is 1470. The van der Waals surface area contributed by atoms with Gasteiger partial charge >= 0.3 is 5.69 Å². The number of benzene rings is 1. The van der Waals surface area contributed by atoms with Gasteiger partial charge in [0.1, 0.15) is 0 Å². The van der Waals surface area contributed by atoms with Crippen LogP contribution >= 0.6 is 0 Å². The molecule has 4 aliphatic rings. The number of fused-ring (bicyclic) bond motifs is 5. The molecule has 3 aromatic rings. The Hall–Kier alpha value is -3.07. The molecule has 200 valence electrons. The number of hydrogen-bond acceptors (Lipinski definition) is 6. The van der Waals surface area contributed by atoms with Gasteiger partial charge in [-0.1, -0.05) is 37.8 Å². The Kier molecular flexibility index (Phi) is 5.87. The smallest absolute Gasteiger partial charge is 0.355 e. The summed E-state index contributed by atoms with van der Waals surface area (Å²) in [5, 5.41) is 0. The quantitative estimate of drug-likeness (QED) is 0.558. The van der Waals surface area contributed by atoms with Gasteiger partial charge in [0.2, 0.25) is 5.82 Å². The Morgan fingerprint density at radius 3 is 2.24 bits per heavy atom. The molecule has 0 spiro atoms. The minimum atomic E-state index is -0.856. The summed E-state index contributed by atoms with van der Waals surface area (Å²) in [5.74, 6) is 0.290. The van der Waals surface area contributed by atoms with Crippen LogP contribution in [0.3, 0.4) is 0 Å². The van der Waals surface area contributed by atoms with Crippen LogP contribution in [-0.4, -0.2) is 42.1 Å². The van der Waals surface area contributed by atoms with Gasteiger partial charge in [-0.05, 0) is 68.9 Å². The second-order valence-electron chi connectivity index (χ2n) is 12.1. The van der Waals surface area contributed by atoms with Gasteiger partial charge in [0, 0.05) is 24.2 Å². The first-order valence-corrected chi connectivity index (χ1v) is 14.3. The van der Waals surface area contributed by atoms with Crippen LogP contribution in [0, 0.1) is 17.7 Å². The first-order chi connectivity index (χ1) is 18.5. The number of nitrogens with two attached hydrogens (primary N) is 1. The summed E-state index contributed by atoms with van der Waals surface area (Å²) >= 11 is 0. The lowest BCUT2D eigenvalue weighted by atomic mass is 9.68. The number of anilines is 1. The summed E-state index contributed by atoms with van der Waals surface area (Å²) in [5.41, 5.74) is 5.64. The molecule has 1 aromatic carbocycles. The van der Waals surface area contributed by atoms with E-state index in [1.165, 1.54) is 44.9 Å². The Morgan fingerprint density at radius 1 is 0.816 bits per heavy atom. The van der Waals surface area contributed by atoms with Crippen LogP contribution < -0.4 is 17.0 Å². The molecule has 4 heterocycles. The second-order valence-corrected chi connectivity index (χ2v) is 12.1. The molecule has 2 aromatic heterocycles. The summed E-state index contributed by atoms with van der Waals surface area (Å²) in [6.45, 7) is 0. The molecular weight excluding hydrogens is 483 g/mol. The number of para-hydroxylation sites is 2. The Morgan fingerprint density at radius 2 is 1.50 bits per heavy atom. The van der Waals surface area contributed by atoms with Crippen LogP contribution in [-0.2, 0) is 0 Å². The zero-order valence-corrected chi connectivity index (χ0v) is 21.6. The van der Waals surface area contributed by atoms with Gasteiger partial charge in [0.05, 0.1) is 17.2 Å². The standard InChI is InChI=1S/C29H35FN6O2/c30-23-16-34(29(38)33-26(23)31)27-28(37)36(25-10-2-1-9-24(25)32-27)22-14-19-7-4-8-20(15-22)35(19)21-12-17-5-3-6-18(11-17)13-21/h1-2,9-10,16-22H,3-8,11-15H2,(H2,31,33,38)/t17-,18+,19-,20+,21+,22+. The average molecular weight is 519 g/mol. The maximum absolute atomic E-state index is 14.3. The van der Waals surface area contributed by atoms with Gasteiger partial charge < -0.3 is 10.3 Å². The highest BCUT2D eigenvalue weighted by molar-refractivity contribution is 5.75. The van der Waals surface area contributed by atoms with E-state index >= 15 is 0 Å². The molecule has 4 fully saturated rings. The monoisotopic (exact) mass is 518 g/mol. The first-order valence-electron chi connectivity index (χ1n) is 14.3. The minimum absolute atomic E-state index is 0.00826. The maximum atomic E-state index is 14.3. The lowest BCUT2D eigenvalue weighted by Crippen LogP contribution is -2.58. The molecule has 2 saturated carbocycles. The van der Waals surface area contributed by atoms with Crippen LogP contribution in [0.4, 0.5) is 10.2 Å². The lowest BCUT2D eigenvalue weighted by molar-refractivity contribution is -0.0485. The predicted molar refractivity (Wildman–Crippen MR) is 144 cm³/mol. The topological polar surface area (TPSA) is 99.0 Å². The number of rotatable bonds is 3. The van der Waals surface area contributed by atoms with Gasteiger partial charge in [0.15, 0.2) is 11.6 Å². The van der Waals surface area contributed by atoms with Crippen molar-refractivity contribution in [2.45, 2.75) is 94.8 Å². The van der Waals surface area contributed by atoms with Crippen molar-refractivity contribution in [3.05, 3.63) is 57.1 Å². The first kappa shape index (κ1) is 24.0. The van der Waals surface area contributed by atoms with Gasteiger partial charge in [-0.3, -0.25) is 9.69 Å². The van der Waals surface area contributed by atoms with Crippen molar-refractivity contribution >= 4 is 16.9 Å². The lowest BCUT2D eigenvalue weighted by Gasteiger charge is -2.55. The van der Waals surface area contributed by atoms with E-state index < -0.39 is 17.3 Å². The van der Waals surface area contributed by atoms with E-state index in [4.69, 9.17) is 5.73 Å². The van der Waals surface area contributed by atoms with E-state index in [1.54, 1.807) is 0 Å². The third-order valence-electron chi connectivity index (χ3n) is 9.81. The van der Waals surface area contributed by atoms with E-state index in [2.05, 4.69) is 14.9 Å². The van der Waals surface area contributed by atoms with Gasteiger partial charge in [-0.25, -0.2) is 18.7 Å². The minimum Gasteiger partial charge on any atom is -0.381 e. The summed E-state index contributed by atoms with van der Waals surface area (Å²) in [6.07, 6.45) is 14.5. The molecule has 8 nitrogen and oxygen atoms in total. The average Bonchev–Trinajstić information content (AvgIpc) is 2.89. The Labute approximate surface area is 220 Å². The molecule has 0 amide bonds. The molecule has 0 radical (unpaired) electrons. The van der Waals surface area contributed by atoms with Crippen LogP contribution in [0.25, 0.3) is 16.9 Å². The summed E-state index contributed by atoms with van der Waals surface area (Å²) < 4.78 is 17.0. The molecule has 2 N–H and O–H groups in total. The summed E-state index contributed by atoms with van der Waals surface area (Å²) in [4.78, 5) is 37.6. The number of hydrogen-bond donors (Lipinski definition) is 1. The van der Waals surface area contributed by atoms with E-state index in [0.29, 0.717) is 23.6 Å². The van der Waals surface area contributed by atoms with Crippen molar-refractivity contribution < 1.29 is 4.39 Å². The largest absolute Gasteiger partial charge is 0.381 e. The molecule has 9 heteroatoms. The predicted octanol–water partition coefficient (Wildman–Crippen LogP) is 4.19. The maximum Gasteiger partial charge on any atom is 0.355 e. The third-order valence-corrected chi connectivity index (χ3v) is 9.81. The highest BCUT2D eigenvalue weighted by atomic mass is 19.1. The van der Waals surface area contributed by atoms with E-state index in [1.807, 2.05) is 28.8 Å². The molecular formula is C29H35FN6O2. The molecule has 2 aliphatic heterocycles. The molecule has 6 atom stereocenters. The molecule has 38 heavy (non-hydrogen) atoms. The Balaban J connectivity index is 1.28. The zero-order valence-electron chi connectivity index (χ0n) is 21.6. The third kappa shape index (κ3) is 3.97. The van der Waals surface area contributed by atoms with Gasteiger partial charge in [-0.15, -0.1) is 0 Å². The molecule has 0 unspecified atom stereocenters. The number of nitrogen functional groups attached to an aromatic ring is 1. The van der Waals surface area contributed by atoms with Crippen molar-refractivity contribution in [3.63, 3.8) is 0 Å². The van der Waals surface area contributed by atoms with Crippen LogP contribution in [0.1, 0.15) is 76.7 Å². The van der Waals surface area contributed by atoms with Crippen molar-refractivity contribution in [1.29, 1.82) is 0 Å². The van der Waals surface area contributed by atoms with E-state index in [9.17, 15) is 14.0 Å². The highest BCUT2D eigenvalue weighted by Crippen LogP contribution is 2.47. The number of halogens is 1. The van der Waals surface area contributed by atoms with Crippen LogP contribution in [0.2, 0.25) is 0 Å². The SMILES string of the molecule is Nc1nc(=O)n(-c2nc3ccccc3n([C@H]3C[C@H]4CCC[C@@H](C3)N4[C@H]3C[C@@H]4CCC[C@@H](C4)C3)c2=O)cc1F. The highest BCUT2D eigenvalue weighted by Gasteiger charge is 2.45. The summed E-state index contributed by atoms with van der Waals surface area (Å²) in [7, 11) is 0. The normalized spacial score (nSPS) is 31.4. The van der Waals surface area contributed by atoms with Crippen molar-refractivity contribution in [2.24, 2.45) is 11.8 Å². The van der Waals surface area contributed by atoms with E-state index in [-0.39, 0.29) is 17.4 Å². The van der Waals surface area contributed by atoms with Crippen LogP contribution in [0.5, 0.6) is 0 Å². The van der Waals surface area contributed by atoms with Crippen molar-refractivity contribution in [2.75, 3.05) is 5.73 Å². The fraction of sp³-hybridized carbons (Fsp3) is 0.586.